The van der Waals surface area contributed by atoms with Crippen molar-refractivity contribution in [2.75, 3.05) is 19.7 Å². The number of aryl methyl sites for hydroxylation is 1. The minimum absolute atomic E-state index is 0.689. The fourth-order valence-corrected chi connectivity index (χ4v) is 1.78. The summed E-state index contributed by atoms with van der Waals surface area (Å²) in [4.78, 5) is 0. The largest absolute Gasteiger partial charge is 0.493 e. The number of para-hydroxylation sites is 1. The van der Waals surface area contributed by atoms with Gasteiger partial charge in [-0.15, -0.1) is 0 Å². The van der Waals surface area contributed by atoms with E-state index in [0.717, 1.165) is 25.4 Å². The van der Waals surface area contributed by atoms with Gasteiger partial charge in [-0.3, -0.25) is 0 Å². The number of benzene rings is 1. The van der Waals surface area contributed by atoms with Gasteiger partial charge in [-0.05, 0) is 31.5 Å². The van der Waals surface area contributed by atoms with Crippen LogP contribution in [0.1, 0.15) is 12.0 Å². The van der Waals surface area contributed by atoms with Gasteiger partial charge in [0.15, 0.2) is 0 Å². The topological polar surface area (TPSA) is 21.3 Å². The molecule has 2 nitrogen and oxygen atoms in total. The van der Waals surface area contributed by atoms with Gasteiger partial charge >= 0.3 is 0 Å². The highest BCUT2D eigenvalue weighted by atomic mass is 16.5. The molecule has 2 heteroatoms. The van der Waals surface area contributed by atoms with Gasteiger partial charge in [-0.2, -0.15) is 0 Å². The number of rotatable bonds is 3. The second-order valence-electron chi connectivity index (χ2n) is 3.94. The van der Waals surface area contributed by atoms with Gasteiger partial charge in [0.1, 0.15) is 5.75 Å². The van der Waals surface area contributed by atoms with Crippen molar-refractivity contribution < 1.29 is 4.74 Å². The van der Waals surface area contributed by atoms with Crippen LogP contribution < -0.4 is 10.1 Å². The van der Waals surface area contributed by atoms with Crippen LogP contribution in [0, 0.1) is 12.8 Å². The lowest BCUT2D eigenvalue weighted by Crippen LogP contribution is -2.15. The Balaban J connectivity index is 1.88. The van der Waals surface area contributed by atoms with E-state index >= 15 is 0 Å². The molecule has 1 atom stereocenters. The maximum absolute atomic E-state index is 5.78. The third-order valence-corrected chi connectivity index (χ3v) is 2.73. The van der Waals surface area contributed by atoms with Crippen molar-refractivity contribution in [2.24, 2.45) is 5.92 Å². The fraction of sp³-hybridized carbons (Fsp3) is 0.500. The van der Waals surface area contributed by atoms with Crippen LogP contribution in [-0.2, 0) is 0 Å². The second kappa shape index (κ2) is 4.47. The minimum Gasteiger partial charge on any atom is -0.493 e. The fourth-order valence-electron chi connectivity index (χ4n) is 1.78. The Hall–Kier alpha value is -1.02. The van der Waals surface area contributed by atoms with Crippen molar-refractivity contribution in [3.63, 3.8) is 0 Å². The molecule has 1 heterocycles. The summed E-state index contributed by atoms with van der Waals surface area (Å²) in [5.41, 5.74) is 1.22. The zero-order valence-electron chi connectivity index (χ0n) is 8.62. The Morgan fingerprint density at radius 2 is 2.29 bits per heavy atom. The van der Waals surface area contributed by atoms with E-state index in [2.05, 4.69) is 18.3 Å². The third kappa shape index (κ3) is 2.26. The summed E-state index contributed by atoms with van der Waals surface area (Å²) >= 11 is 0. The summed E-state index contributed by atoms with van der Waals surface area (Å²) in [7, 11) is 0. The van der Waals surface area contributed by atoms with Gasteiger partial charge in [0.05, 0.1) is 6.61 Å². The predicted octanol–water partition coefficient (Wildman–Crippen LogP) is 1.98. The van der Waals surface area contributed by atoms with Gasteiger partial charge < -0.3 is 10.1 Å². The first kappa shape index (κ1) is 9.53. The Labute approximate surface area is 85.3 Å². The van der Waals surface area contributed by atoms with Crippen LogP contribution in [0.2, 0.25) is 0 Å². The smallest absolute Gasteiger partial charge is 0.122 e. The Bertz CT molecular complexity index is 292. The third-order valence-electron chi connectivity index (χ3n) is 2.73. The molecule has 14 heavy (non-hydrogen) atoms. The van der Waals surface area contributed by atoms with Crippen LogP contribution in [0.25, 0.3) is 0 Å². The molecular weight excluding hydrogens is 174 g/mol. The van der Waals surface area contributed by atoms with Gasteiger partial charge in [0, 0.05) is 12.5 Å². The van der Waals surface area contributed by atoms with Crippen molar-refractivity contribution in [2.45, 2.75) is 13.3 Å². The molecule has 1 aromatic rings. The quantitative estimate of drug-likeness (QED) is 0.789. The lowest BCUT2D eigenvalue weighted by molar-refractivity contribution is 0.258. The highest BCUT2D eigenvalue weighted by Gasteiger charge is 2.14. The summed E-state index contributed by atoms with van der Waals surface area (Å²) in [5, 5.41) is 3.34. The van der Waals surface area contributed by atoms with Gasteiger partial charge in [0.25, 0.3) is 0 Å². The van der Waals surface area contributed by atoms with Crippen LogP contribution in [0.5, 0.6) is 5.75 Å². The molecule has 0 aliphatic carbocycles. The summed E-state index contributed by atoms with van der Waals surface area (Å²) in [6.45, 7) is 5.17. The molecular formula is C12H17NO. The number of ether oxygens (including phenoxy) is 1. The molecule has 0 bridgehead atoms. The highest BCUT2D eigenvalue weighted by molar-refractivity contribution is 5.31. The SMILES string of the molecule is Cc1ccccc1OC[C@@H]1CCNC1. The van der Waals surface area contributed by atoms with Gasteiger partial charge in [-0.1, -0.05) is 18.2 Å². The monoisotopic (exact) mass is 191 g/mol. The average Bonchev–Trinajstić information content (AvgIpc) is 2.69. The molecule has 1 N–H and O–H groups in total. The molecule has 0 aromatic heterocycles. The maximum atomic E-state index is 5.78. The first-order valence-electron chi connectivity index (χ1n) is 5.25. The van der Waals surface area contributed by atoms with Crippen LogP contribution in [0.15, 0.2) is 24.3 Å². The normalized spacial score (nSPS) is 21.1. The molecule has 2 rings (SSSR count). The van der Waals surface area contributed by atoms with Crippen molar-refractivity contribution in [3.05, 3.63) is 29.8 Å². The zero-order valence-corrected chi connectivity index (χ0v) is 8.62. The summed E-state index contributed by atoms with van der Waals surface area (Å²) in [6, 6.07) is 8.19. The average molecular weight is 191 g/mol. The van der Waals surface area contributed by atoms with E-state index in [4.69, 9.17) is 4.74 Å². The molecule has 1 aromatic carbocycles. The number of hydrogen-bond donors (Lipinski definition) is 1. The van der Waals surface area contributed by atoms with E-state index in [-0.39, 0.29) is 0 Å². The molecule has 1 fully saturated rings. The Kier molecular flexibility index (Phi) is 3.04. The lowest BCUT2D eigenvalue weighted by atomic mass is 10.1. The lowest BCUT2D eigenvalue weighted by Gasteiger charge is -2.12. The predicted molar refractivity (Wildman–Crippen MR) is 57.7 cm³/mol. The molecule has 1 saturated heterocycles. The molecule has 1 aliphatic rings. The molecule has 0 amide bonds. The van der Waals surface area contributed by atoms with Gasteiger partial charge in [0.2, 0.25) is 0 Å². The molecule has 0 radical (unpaired) electrons. The van der Waals surface area contributed by atoms with Crippen LogP contribution >= 0.6 is 0 Å². The van der Waals surface area contributed by atoms with E-state index in [1.807, 2.05) is 18.2 Å². The van der Waals surface area contributed by atoms with Crippen molar-refractivity contribution in [1.29, 1.82) is 0 Å². The van der Waals surface area contributed by atoms with Crippen LogP contribution in [-0.4, -0.2) is 19.7 Å². The summed E-state index contributed by atoms with van der Waals surface area (Å²) < 4.78 is 5.78. The van der Waals surface area contributed by atoms with E-state index < -0.39 is 0 Å². The zero-order chi connectivity index (χ0) is 9.80. The highest BCUT2D eigenvalue weighted by Crippen LogP contribution is 2.18. The molecule has 0 saturated carbocycles. The molecule has 0 unspecified atom stereocenters. The molecule has 1 aliphatic heterocycles. The number of hydrogen-bond acceptors (Lipinski definition) is 2. The minimum atomic E-state index is 0.689. The first-order valence-corrected chi connectivity index (χ1v) is 5.25. The van der Waals surface area contributed by atoms with Crippen LogP contribution in [0.4, 0.5) is 0 Å². The summed E-state index contributed by atoms with van der Waals surface area (Å²) in [6.07, 6.45) is 1.24. The van der Waals surface area contributed by atoms with Gasteiger partial charge in [-0.25, -0.2) is 0 Å². The standard InChI is InChI=1S/C12H17NO/c1-10-4-2-3-5-12(10)14-9-11-6-7-13-8-11/h2-5,11,13H,6-9H2,1H3/t11-/m1/s1. The van der Waals surface area contributed by atoms with Crippen molar-refractivity contribution in [1.82, 2.24) is 5.32 Å². The number of nitrogens with one attached hydrogen (secondary N) is 1. The Morgan fingerprint density at radius 1 is 1.43 bits per heavy atom. The molecule has 0 spiro atoms. The van der Waals surface area contributed by atoms with Crippen molar-refractivity contribution in [3.8, 4) is 5.75 Å². The van der Waals surface area contributed by atoms with E-state index in [1.54, 1.807) is 0 Å². The molecule has 76 valence electrons. The van der Waals surface area contributed by atoms with E-state index in [0.29, 0.717) is 5.92 Å². The second-order valence-corrected chi connectivity index (χ2v) is 3.94. The van der Waals surface area contributed by atoms with E-state index in [1.165, 1.54) is 12.0 Å². The van der Waals surface area contributed by atoms with Crippen LogP contribution in [0.3, 0.4) is 0 Å². The van der Waals surface area contributed by atoms with Crippen molar-refractivity contribution >= 4 is 0 Å². The Morgan fingerprint density at radius 3 is 3.00 bits per heavy atom. The van der Waals surface area contributed by atoms with E-state index in [9.17, 15) is 0 Å². The first-order chi connectivity index (χ1) is 6.86. The maximum Gasteiger partial charge on any atom is 0.122 e. The summed E-state index contributed by atoms with van der Waals surface area (Å²) in [5.74, 6) is 1.72.